The Morgan fingerprint density at radius 3 is 3.00 bits per heavy atom. The molecule has 4 heteroatoms. The van der Waals surface area contributed by atoms with Crippen LogP contribution in [0, 0.1) is 5.92 Å². The predicted octanol–water partition coefficient (Wildman–Crippen LogP) is 4.34. The highest BCUT2D eigenvalue weighted by atomic mass is 79.9. The lowest BCUT2D eigenvalue weighted by atomic mass is 9.95. The van der Waals surface area contributed by atoms with E-state index in [0.29, 0.717) is 12.0 Å². The van der Waals surface area contributed by atoms with Crippen molar-refractivity contribution in [2.75, 3.05) is 25.5 Å². The van der Waals surface area contributed by atoms with Crippen LogP contribution in [0.2, 0.25) is 0 Å². The van der Waals surface area contributed by atoms with E-state index in [1.807, 2.05) is 11.8 Å². The Bertz CT molecular complexity index is 396. The molecule has 0 bridgehead atoms. The predicted molar refractivity (Wildman–Crippen MR) is 90.5 cm³/mol. The minimum Gasteiger partial charge on any atom is -0.381 e. The lowest BCUT2D eigenvalue weighted by Gasteiger charge is -2.31. The Hall–Kier alpha value is -0.0300. The average Bonchev–Trinajstić information content (AvgIpc) is 2.50. The third kappa shape index (κ3) is 5.06. The van der Waals surface area contributed by atoms with E-state index in [2.05, 4.69) is 52.4 Å². The molecule has 112 valence electrons. The Kier molecular flexibility index (Phi) is 7.42. The van der Waals surface area contributed by atoms with E-state index in [1.54, 1.807) is 0 Å². The van der Waals surface area contributed by atoms with Crippen molar-refractivity contribution in [1.82, 2.24) is 5.32 Å². The molecular formula is C16H24BrNOS. The molecule has 20 heavy (non-hydrogen) atoms. The fourth-order valence-electron chi connectivity index (χ4n) is 2.52. The Balaban J connectivity index is 1.91. The zero-order valence-corrected chi connectivity index (χ0v) is 14.5. The highest BCUT2D eigenvalue weighted by Crippen LogP contribution is 2.29. The molecule has 0 aromatic heterocycles. The summed E-state index contributed by atoms with van der Waals surface area (Å²) in [7, 11) is 0. The summed E-state index contributed by atoms with van der Waals surface area (Å²) in [5, 5.41) is 3.71. The summed E-state index contributed by atoms with van der Waals surface area (Å²) in [6.45, 7) is 5.17. The summed E-state index contributed by atoms with van der Waals surface area (Å²) < 4.78 is 6.85. The molecule has 1 aromatic carbocycles. The van der Waals surface area contributed by atoms with E-state index in [-0.39, 0.29) is 0 Å². The van der Waals surface area contributed by atoms with Gasteiger partial charge in [-0.2, -0.15) is 0 Å². The molecule has 1 aliphatic heterocycles. The van der Waals surface area contributed by atoms with Crippen molar-refractivity contribution in [3.63, 3.8) is 0 Å². The van der Waals surface area contributed by atoms with E-state index in [4.69, 9.17) is 4.74 Å². The molecule has 2 rings (SSSR count). The van der Waals surface area contributed by atoms with Crippen molar-refractivity contribution in [2.45, 2.75) is 37.1 Å². The van der Waals surface area contributed by atoms with Gasteiger partial charge in [-0.1, -0.05) is 19.1 Å². The largest absolute Gasteiger partial charge is 0.381 e. The number of thioether (sulfide) groups is 1. The summed E-state index contributed by atoms with van der Waals surface area (Å²) >= 11 is 5.56. The van der Waals surface area contributed by atoms with E-state index >= 15 is 0 Å². The van der Waals surface area contributed by atoms with Gasteiger partial charge in [-0.3, -0.25) is 0 Å². The Morgan fingerprint density at radius 1 is 1.45 bits per heavy atom. The van der Waals surface area contributed by atoms with Gasteiger partial charge in [-0.15, -0.1) is 11.8 Å². The molecule has 1 aliphatic rings. The molecule has 2 atom stereocenters. The van der Waals surface area contributed by atoms with Gasteiger partial charge in [-0.05, 0) is 59.8 Å². The zero-order chi connectivity index (χ0) is 14.2. The van der Waals surface area contributed by atoms with Crippen molar-refractivity contribution in [3.8, 4) is 0 Å². The Labute approximate surface area is 135 Å². The number of hydrogen-bond acceptors (Lipinski definition) is 3. The smallest absolute Gasteiger partial charge is 0.0509 e. The second-order valence-electron chi connectivity index (χ2n) is 5.28. The monoisotopic (exact) mass is 357 g/mol. The van der Waals surface area contributed by atoms with Crippen LogP contribution in [-0.2, 0) is 4.74 Å². The van der Waals surface area contributed by atoms with Crippen LogP contribution < -0.4 is 5.32 Å². The first-order chi connectivity index (χ1) is 9.81. The minimum atomic E-state index is 0.548. The van der Waals surface area contributed by atoms with Crippen LogP contribution in [0.15, 0.2) is 33.6 Å². The highest BCUT2D eigenvalue weighted by Gasteiger charge is 2.23. The van der Waals surface area contributed by atoms with Gasteiger partial charge < -0.3 is 10.1 Å². The second kappa shape index (κ2) is 9.08. The van der Waals surface area contributed by atoms with Crippen LogP contribution in [0.4, 0.5) is 0 Å². The van der Waals surface area contributed by atoms with Crippen molar-refractivity contribution in [2.24, 2.45) is 5.92 Å². The fraction of sp³-hybridized carbons (Fsp3) is 0.625. The maximum atomic E-state index is 5.66. The Morgan fingerprint density at radius 2 is 2.30 bits per heavy atom. The van der Waals surface area contributed by atoms with Crippen LogP contribution in [0.3, 0.4) is 0 Å². The number of ether oxygens (including phenoxy) is 1. The molecule has 1 saturated heterocycles. The molecular weight excluding hydrogens is 334 g/mol. The number of nitrogens with one attached hydrogen (secondary N) is 1. The molecule has 1 fully saturated rings. The molecule has 0 amide bonds. The van der Waals surface area contributed by atoms with Gasteiger partial charge in [0.05, 0.1) is 6.61 Å². The van der Waals surface area contributed by atoms with Gasteiger partial charge in [-0.25, -0.2) is 0 Å². The quantitative estimate of drug-likeness (QED) is 0.733. The summed E-state index contributed by atoms with van der Waals surface area (Å²) in [6, 6.07) is 9.01. The fourth-order valence-corrected chi connectivity index (χ4v) is 4.27. The van der Waals surface area contributed by atoms with Crippen LogP contribution >= 0.6 is 27.7 Å². The van der Waals surface area contributed by atoms with Gasteiger partial charge in [0.15, 0.2) is 0 Å². The first kappa shape index (κ1) is 16.3. The minimum absolute atomic E-state index is 0.548. The lowest BCUT2D eigenvalue weighted by molar-refractivity contribution is 0.0427. The van der Waals surface area contributed by atoms with E-state index in [0.717, 1.165) is 25.5 Å². The van der Waals surface area contributed by atoms with E-state index < -0.39 is 0 Å². The molecule has 0 radical (unpaired) electrons. The molecule has 0 aliphatic carbocycles. The van der Waals surface area contributed by atoms with Gasteiger partial charge >= 0.3 is 0 Å². The van der Waals surface area contributed by atoms with Crippen LogP contribution in [0.5, 0.6) is 0 Å². The van der Waals surface area contributed by atoms with Crippen LogP contribution in [-0.4, -0.2) is 31.6 Å². The lowest BCUT2D eigenvalue weighted by Crippen LogP contribution is -2.42. The maximum Gasteiger partial charge on any atom is 0.0509 e. The van der Waals surface area contributed by atoms with Crippen LogP contribution in [0.1, 0.15) is 26.2 Å². The van der Waals surface area contributed by atoms with Crippen LogP contribution in [0.25, 0.3) is 0 Å². The van der Waals surface area contributed by atoms with E-state index in [9.17, 15) is 0 Å². The standard InChI is InChI=1S/C16H24BrNOS/c1-2-9-18-15(13-6-5-10-19-11-13)12-20-16-8-4-3-7-14(16)17/h3-4,7-8,13,15,18H,2,5-6,9-12H2,1H3. The van der Waals surface area contributed by atoms with Crippen molar-refractivity contribution < 1.29 is 4.74 Å². The molecule has 0 spiro atoms. The summed E-state index contributed by atoms with van der Waals surface area (Å²) in [4.78, 5) is 1.33. The topological polar surface area (TPSA) is 21.3 Å². The van der Waals surface area contributed by atoms with Gasteiger partial charge in [0.25, 0.3) is 0 Å². The molecule has 2 nitrogen and oxygen atoms in total. The molecule has 1 heterocycles. The number of hydrogen-bond donors (Lipinski definition) is 1. The number of rotatable bonds is 7. The number of halogens is 1. The van der Waals surface area contributed by atoms with Crippen molar-refractivity contribution in [1.29, 1.82) is 0 Å². The molecule has 0 saturated carbocycles. The first-order valence-corrected chi connectivity index (χ1v) is 9.27. The third-order valence-corrected chi connectivity index (χ3v) is 5.82. The maximum absolute atomic E-state index is 5.66. The van der Waals surface area contributed by atoms with Gasteiger partial charge in [0.2, 0.25) is 0 Å². The first-order valence-electron chi connectivity index (χ1n) is 7.49. The summed E-state index contributed by atoms with van der Waals surface area (Å²) in [5.74, 6) is 1.77. The highest BCUT2D eigenvalue weighted by molar-refractivity contribution is 9.10. The zero-order valence-electron chi connectivity index (χ0n) is 12.1. The van der Waals surface area contributed by atoms with E-state index in [1.165, 1.54) is 28.6 Å². The third-order valence-electron chi connectivity index (χ3n) is 3.68. The molecule has 1 aromatic rings. The SMILES string of the molecule is CCCNC(CSc1ccccc1Br)C1CCCOC1. The normalized spacial score (nSPS) is 20.8. The summed E-state index contributed by atoms with van der Waals surface area (Å²) in [5.41, 5.74) is 0. The second-order valence-corrected chi connectivity index (χ2v) is 7.20. The summed E-state index contributed by atoms with van der Waals surface area (Å²) in [6.07, 6.45) is 3.68. The van der Waals surface area contributed by atoms with Gasteiger partial charge in [0.1, 0.15) is 0 Å². The average molecular weight is 358 g/mol. The van der Waals surface area contributed by atoms with Gasteiger partial charge in [0, 0.05) is 27.8 Å². The molecule has 2 unspecified atom stereocenters. The van der Waals surface area contributed by atoms with Crippen molar-refractivity contribution >= 4 is 27.7 Å². The number of benzene rings is 1. The van der Waals surface area contributed by atoms with Crippen molar-refractivity contribution in [3.05, 3.63) is 28.7 Å². The molecule has 1 N–H and O–H groups in total.